The molecule has 2 saturated carbocycles. The number of carbonyl (C=O) groups is 4. The van der Waals surface area contributed by atoms with Crippen LogP contribution in [0, 0.1) is 5.92 Å². The van der Waals surface area contributed by atoms with E-state index in [1.807, 2.05) is 42.5 Å². The number of rotatable bonds is 6. The van der Waals surface area contributed by atoms with Crippen molar-refractivity contribution in [3.63, 3.8) is 0 Å². The highest BCUT2D eigenvalue weighted by molar-refractivity contribution is 7.91. The van der Waals surface area contributed by atoms with E-state index in [9.17, 15) is 27.6 Å². The van der Waals surface area contributed by atoms with Crippen LogP contribution in [0.5, 0.6) is 0 Å². The first-order valence-corrected chi connectivity index (χ1v) is 15.9. The molecular formula is C29H38N4O6S. The Morgan fingerprint density at radius 3 is 2.52 bits per heavy atom. The Balaban J connectivity index is 1.33. The summed E-state index contributed by atoms with van der Waals surface area (Å²) in [5.41, 5.74) is -0.503. The molecular weight excluding hydrogens is 532 g/mol. The predicted molar refractivity (Wildman–Crippen MR) is 148 cm³/mol. The van der Waals surface area contributed by atoms with Crippen molar-refractivity contribution in [3.8, 4) is 0 Å². The van der Waals surface area contributed by atoms with Crippen LogP contribution < -0.4 is 15.4 Å². The molecule has 10 nitrogen and oxygen atoms in total. The summed E-state index contributed by atoms with van der Waals surface area (Å²) in [4.78, 5) is 54.9. The van der Waals surface area contributed by atoms with Crippen molar-refractivity contribution in [2.45, 2.75) is 93.5 Å². The van der Waals surface area contributed by atoms with Crippen LogP contribution in [0.4, 0.5) is 0 Å². The maximum atomic E-state index is 13.7. The molecule has 2 aliphatic heterocycles. The minimum atomic E-state index is -3.78. The van der Waals surface area contributed by atoms with Gasteiger partial charge in [-0.1, -0.05) is 55.3 Å². The molecule has 4 aliphatic rings. The zero-order valence-electron chi connectivity index (χ0n) is 22.6. The van der Waals surface area contributed by atoms with E-state index < -0.39 is 44.7 Å². The third kappa shape index (κ3) is 6.40. The second-order valence-corrected chi connectivity index (χ2v) is 13.4. The van der Waals surface area contributed by atoms with Gasteiger partial charge in [-0.15, -0.1) is 0 Å². The van der Waals surface area contributed by atoms with Crippen LogP contribution in [0.15, 0.2) is 42.5 Å². The zero-order chi connectivity index (χ0) is 28.3. The van der Waals surface area contributed by atoms with E-state index in [0.29, 0.717) is 45.1 Å². The molecule has 4 atom stereocenters. The molecule has 4 amide bonds. The molecule has 3 N–H and O–H groups in total. The van der Waals surface area contributed by atoms with E-state index in [0.717, 1.165) is 31.2 Å². The third-order valence-corrected chi connectivity index (χ3v) is 10.2. The molecule has 3 fully saturated rings. The maximum absolute atomic E-state index is 13.7. The number of allylic oxidation sites excluding steroid dienone is 1. The zero-order valence-corrected chi connectivity index (χ0v) is 23.5. The fourth-order valence-electron chi connectivity index (χ4n) is 5.80. The van der Waals surface area contributed by atoms with E-state index in [1.165, 1.54) is 4.90 Å². The Hall–Kier alpha value is -3.21. The van der Waals surface area contributed by atoms with Crippen molar-refractivity contribution in [2.24, 2.45) is 5.92 Å². The monoisotopic (exact) mass is 570 g/mol. The Morgan fingerprint density at radius 1 is 1.00 bits per heavy atom. The number of nitrogens with one attached hydrogen (secondary N) is 3. The molecule has 1 aromatic rings. The van der Waals surface area contributed by atoms with Gasteiger partial charge in [0, 0.05) is 12.5 Å². The number of sulfonamides is 1. The summed E-state index contributed by atoms with van der Waals surface area (Å²) in [6.07, 6.45) is 10.1. The molecule has 11 heteroatoms. The Morgan fingerprint density at radius 2 is 1.77 bits per heavy atom. The summed E-state index contributed by atoms with van der Waals surface area (Å²) in [5, 5.41) is 5.21. The lowest BCUT2D eigenvalue weighted by Gasteiger charge is -2.30. The number of hydrogen-bond acceptors (Lipinski definition) is 6. The number of carbonyl (C=O) groups excluding carboxylic acids is 4. The van der Waals surface area contributed by atoms with E-state index in [-0.39, 0.29) is 24.2 Å². The third-order valence-electron chi connectivity index (χ3n) is 8.38. The summed E-state index contributed by atoms with van der Waals surface area (Å²) in [6, 6.07) is 7.78. The molecule has 40 heavy (non-hydrogen) atoms. The second kappa shape index (κ2) is 11.7. The van der Waals surface area contributed by atoms with Gasteiger partial charge in [-0.3, -0.25) is 23.9 Å². The van der Waals surface area contributed by atoms with Gasteiger partial charge in [0.2, 0.25) is 27.7 Å². The van der Waals surface area contributed by atoms with Crippen LogP contribution in [-0.2, 0) is 35.6 Å². The normalized spacial score (nSPS) is 30.1. The molecule has 0 radical (unpaired) electrons. The Bertz CT molecular complexity index is 1280. The van der Waals surface area contributed by atoms with Gasteiger partial charge in [0.1, 0.15) is 17.6 Å². The van der Waals surface area contributed by atoms with Gasteiger partial charge >= 0.3 is 0 Å². The highest BCUT2D eigenvalue weighted by Gasteiger charge is 2.61. The number of hydrogen-bond donors (Lipinski definition) is 3. The molecule has 0 aromatic heterocycles. The Kier molecular flexibility index (Phi) is 8.30. The molecule has 0 unspecified atom stereocenters. The lowest BCUT2D eigenvalue weighted by Crippen LogP contribution is -2.58. The van der Waals surface area contributed by atoms with E-state index >= 15 is 0 Å². The first-order valence-electron chi connectivity index (χ1n) is 14.4. The quantitative estimate of drug-likeness (QED) is 0.445. The minimum absolute atomic E-state index is 0.155. The molecule has 2 heterocycles. The number of benzene rings is 1. The van der Waals surface area contributed by atoms with Gasteiger partial charge in [0.05, 0.1) is 11.7 Å². The summed E-state index contributed by atoms with van der Waals surface area (Å²) < 4.78 is 27.2. The second-order valence-electron chi connectivity index (χ2n) is 11.5. The average molecular weight is 571 g/mol. The highest BCUT2D eigenvalue weighted by Crippen LogP contribution is 2.46. The van der Waals surface area contributed by atoms with Gasteiger partial charge in [0.15, 0.2) is 0 Å². The van der Waals surface area contributed by atoms with Gasteiger partial charge in [-0.05, 0) is 56.9 Å². The minimum Gasteiger partial charge on any atom is -0.344 e. The average Bonchev–Trinajstić information content (AvgIpc) is 3.84. The molecule has 0 spiro atoms. The summed E-state index contributed by atoms with van der Waals surface area (Å²) in [7, 11) is -3.78. The van der Waals surface area contributed by atoms with Crippen molar-refractivity contribution in [1.29, 1.82) is 0 Å². The topological polar surface area (TPSA) is 142 Å². The molecule has 0 bridgehead atoms. The number of amides is 4. The smallest absolute Gasteiger partial charge is 0.259 e. The maximum Gasteiger partial charge on any atom is 0.259 e. The summed E-state index contributed by atoms with van der Waals surface area (Å²) in [6.45, 7) is 0.376. The van der Waals surface area contributed by atoms with Crippen LogP contribution in [-0.4, -0.2) is 66.4 Å². The van der Waals surface area contributed by atoms with Crippen LogP contribution in [0.2, 0.25) is 0 Å². The lowest BCUT2D eigenvalue weighted by atomic mass is 10.0. The molecule has 216 valence electrons. The van der Waals surface area contributed by atoms with Crippen molar-refractivity contribution < 1.29 is 27.6 Å². The van der Waals surface area contributed by atoms with Gasteiger partial charge in [-0.25, -0.2) is 8.42 Å². The SMILES string of the molecule is O=C(Cc1ccccc1)N[C@H]1CCCCC/C=C\[C@@H]2C[C@@]2(C(=O)NS(=O)(=O)C2CC2)NC(=O)[C@@H]2CCCN2C1=O. The number of nitrogens with zero attached hydrogens (tertiary/aromatic N) is 1. The first kappa shape index (κ1) is 28.3. The number of fused-ring (bicyclic) bond motifs is 2. The fourth-order valence-corrected chi connectivity index (χ4v) is 7.17. The van der Waals surface area contributed by atoms with Crippen molar-refractivity contribution >= 4 is 33.7 Å². The molecule has 1 aromatic carbocycles. The van der Waals surface area contributed by atoms with E-state index in [4.69, 9.17) is 0 Å². The van der Waals surface area contributed by atoms with Gasteiger partial charge in [0.25, 0.3) is 5.91 Å². The van der Waals surface area contributed by atoms with Crippen molar-refractivity contribution in [1.82, 2.24) is 20.3 Å². The van der Waals surface area contributed by atoms with Gasteiger partial charge in [-0.2, -0.15) is 0 Å². The van der Waals surface area contributed by atoms with Crippen LogP contribution in [0.3, 0.4) is 0 Å². The standard InChI is InChI=1S/C29H38N4O6S/c34-25(18-20-10-5-4-6-11-20)30-23-13-8-3-1-2-7-12-21-19-29(21,28(37)32-40(38,39)22-15-16-22)31-26(35)24-14-9-17-33(24)27(23)36/h4-7,10-12,21-24H,1-3,8-9,13-19H2,(H,30,34)(H,31,35)(H,32,37)/b12-7-/t21-,23+,24+,29-/m1/s1. The lowest BCUT2D eigenvalue weighted by molar-refractivity contribution is -0.142. The summed E-state index contributed by atoms with van der Waals surface area (Å²) in [5.74, 6) is -2.04. The van der Waals surface area contributed by atoms with Crippen LogP contribution in [0.1, 0.15) is 69.8 Å². The predicted octanol–water partition coefficient (Wildman–Crippen LogP) is 1.71. The van der Waals surface area contributed by atoms with Crippen molar-refractivity contribution in [2.75, 3.05) is 6.54 Å². The Labute approximate surface area is 235 Å². The van der Waals surface area contributed by atoms with Crippen LogP contribution >= 0.6 is 0 Å². The van der Waals surface area contributed by atoms with E-state index in [1.54, 1.807) is 0 Å². The van der Waals surface area contributed by atoms with Crippen LogP contribution in [0.25, 0.3) is 0 Å². The largest absolute Gasteiger partial charge is 0.344 e. The summed E-state index contributed by atoms with van der Waals surface area (Å²) >= 11 is 0. The molecule has 2 aliphatic carbocycles. The molecule has 5 rings (SSSR count). The fraction of sp³-hybridized carbons (Fsp3) is 0.586. The van der Waals surface area contributed by atoms with Crippen molar-refractivity contribution in [3.05, 3.63) is 48.0 Å². The molecule has 1 saturated heterocycles. The first-order chi connectivity index (χ1) is 19.2. The highest BCUT2D eigenvalue weighted by atomic mass is 32.2. The van der Waals surface area contributed by atoms with Gasteiger partial charge < -0.3 is 15.5 Å². The van der Waals surface area contributed by atoms with E-state index in [2.05, 4.69) is 15.4 Å².